The minimum atomic E-state index is 0.0174. The van der Waals surface area contributed by atoms with E-state index in [0.29, 0.717) is 0 Å². The number of hydrogen-bond acceptors (Lipinski definition) is 2. The fourth-order valence-electron chi connectivity index (χ4n) is 4.18. The lowest BCUT2D eigenvalue weighted by atomic mass is 9.86. The molecule has 0 bridgehead atoms. The van der Waals surface area contributed by atoms with Crippen molar-refractivity contribution in [2.24, 2.45) is 0 Å². The van der Waals surface area contributed by atoms with Crippen LogP contribution in [0.25, 0.3) is 0 Å². The first kappa shape index (κ1) is 18.2. The molecular formula is C21H33N3O. The smallest absolute Gasteiger partial charge is 0.321 e. The first-order chi connectivity index (χ1) is 11.9. The van der Waals surface area contributed by atoms with Crippen LogP contribution >= 0.6 is 0 Å². The van der Waals surface area contributed by atoms with Crippen molar-refractivity contribution in [3.05, 3.63) is 29.8 Å². The van der Waals surface area contributed by atoms with Crippen LogP contribution in [0.1, 0.15) is 58.4 Å². The minimum Gasteiger partial charge on any atom is -0.322 e. The van der Waals surface area contributed by atoms with Crippen molar-refractivity contribution >= 4 is 11.7 Å². The average molecular weight is 344 g/mol. The Morgan fingerprint density at radius 2 is 1.64 bits per heavy atom. The molecule has 0 radical (unpaired) electrons. The van der Waals surface area contributed by atoms with E-state index in [1.54, 1.807) is 0 Å². The van der Waals surface area contributed by atoms with Gasteiger partial charge in [-0.3, -0.25) is 4.90 Å². The van der Waals surface area contributed by atoms with Gasteiger partial charge in [-0.1, -0.05) is 58.2 Å². The molecule has 1 saturated heterocycles. The Morgan fingerprint density at radius 3 is 2.28 bits per heavy atom. The molecule has 0 aromatic heterocycles. The maximum absolute atomic E-state index is 12.7. The third-order valence-corrected chi connectivity index (χ3v) is 5.67. The number of urea groups is 1. The molecule has 1 N–H and O–H groups in total. The number of hydrogen-bond donors (Lipinski definition) is 1. The van der Waals surface area contributed by atoms with E-state index in [-0.39, 0.29) is 11.4 Å². The zero-order valence-electron chi connectivity index (χ0n) is 16.1. The molecule has 1 aliphatic carbocycles. The highest BCUT2D eigenvalue weighted by atomic mass is 16.2. The molecule has 2 amide bonds. The molecule has 1 aromatic carbocycles. The molecule has 1 saturated carbocycles. The predicted octanol–water partition coefficient (Wildman–Crippen LogP) is 4.47. The summed E-state index contributed by atoms with van der Waals surface area (Å²) >= 11 is 0. The largest absolute Gasteiger partial charge is 0.322 e. The number of nitrogens with one attached hydrogen (secondary N) is 1. The second kappa shape index (κ2) is 7.77. The van der Waals surface area contributed by atoms with Crippen LogP contribution in [0.2, 0.25) is 0 Å². The lowest BCUT2D eigenvalue weighted by molar-refractivity contribution is 0.0943. The van der Waals surface area contributed by atoms with E-state index in [1.165, 1.54) is 37.7 Å². The fraction of sp³-hybridized carbons (Fsp3) is 0.667. The lowest BCUT2D eigenvalue weighted by Crippen LogP contribution is -2.53. The summed E-state index contributed by atoms with van der Waals surface area (Å²) in [6.45, 7) is 10.2. The second-order valence-corrected chi connectivity index (χ2v) is 8.54. The van der Waals surface area contributed by atoms with Crippen LogP contribution in [0.4, 0.5) is 10.5 Å². The summed E-state index contributed by atoms with van der Waals surface area (Å²) in [5.41, 5.74) is 2.14. The van der Waals surface area contributed by atoms with Gasteiger partial charge in [0, 0.05) is 37.9 Å². The Hall–Kier alpha value is -1.55. The molecular weight excluding hydrogens is 310 g/mol. The van der Waals surface area contributed by atoms with Gasteiger partial charge in [-0.15, -0.1) is 0 Å². The topological polar surface area (TPSA) is 35.6 Å². The molecule has 2 aliphatic rings. The maximum atomic E-state index is 12.7. The maximum Gasteiger partial charge on any atom is 0.321 e. The number of para-hydroxylation sites is 1. The highest BCUT2D eigenvalue weighted by Crippen LogP contribution is 2.29. The molecule has 138 valence electrons. The third-order valence-electron chi connectivity index (χ3n) is 5.67. The molecule has 1 heterocycles. The number of benzene rings is 1. The average Bonchev–Trinajstić information content (AvgIpc) is 2.62. The molecule has 0 spiro atoms. The molecule has 0 unspecified atom stereocenters. The van der Waals surface area contributed by atoms with Gasteiger partial charge >= 0.3 is 6.03 Å². The summed E-state index contributed by atoms with van der Waals surface area (Å²) in [4.78, 5) is 17.3. The van der Waals surface area contributed by atoms with Crippen LogP contribution in [0, 0.1) is 0 Å². The van der Waals surface area contributed by atoms with E-state index in [1.807, 2.05) is 23.1 Å². The number of nitrogens with zero attached hydrogens (tertiary/aromatic N) is 2. The van der Waals surface area contributed by atoms with Crippen molar-refractivity contribution in [1.29, 1.82) is 0 Å². The van der Waals surface area contributed by atoms with Crippen molar-refractivity contribution in [3.63, 3.8) is 0 Å². The zero-order valence-corrected chi connectivity index (χ0v) is 16.1. The van der Waals surface area contributed by atoms with Gasteiger partial charge in [-0.05, 0) is 29.9 Å². The highest BCUT2D eigenvalue weighted by Gasteiger charge is 2.27. The summed E-state index contributed by atoms with van der Waals surface area (Å²) in [5.74, 6) is 0. The number of anilines is 1. The van der Waals surface area contributed by atoms with E-state index in [4.69, 9.17) is 0 Å². The molecule has 2 fully saturated rings. The normalized spacial score (nSPS) is 20.5. The summed E-state index contributed by atoms with van der Waals surface area (Å²) < 4.78 is 0. The summed E-state index contributed by atoms with van der Waals surface area (Å²) in [5, 5.41) is 3.15. The molecule has 1 aromatic rings. The van der Waals surface area contributed by atoms with Crippen LogP contribution in [0.15, 0.2) is 24.3 Å². The summed E-state index contributed by atoms with van der Waals surface area (Å²) in [7, 11) is 0. The molecule has 4 nitrogen and oxygen atoms in total. The van der Waals surface area contributed by atoms with Crippen molar-refractivity contribution < 1.29 is 4.79 Å². The molecule has 0 atom stereocenters. The van der Waals surface area contributed by atoms with Gasteiger partial charge in [0.15, 0.2) is 0 Å². The molecule has 3 rings (SSSR count). The SMILES string of the molecule is CC(C)(C)c1ccccc1NC(=O)N1CCN(C2CCCCC2)CC1. The van der Waals surface area contributed by atoms with Crippen LogP contribution < -0.4 is 5.32 Å². The first-order valence-electron chi connectivity index (χ1n) is 9.84. The Labute approximate surface area is 152 Å². The van der Waals surface area contributed by atoms with Gasteiger partial charge in [0.1, 0.15) is 0 Å². The predicted molar refractivity (Wildman–Crippen MR) is 104 cm³/mol. The minimum absolute atomic E-state index is 0.0174. The number of rotatable bonds is 2. The van der Waals surface area contributed by atoms with E-state index in [9.17, 15) is 4.79 Å². The van der Waals surface area contributed by atoms with E-state index < -0.39 is 0 Å². The fourth-order valence-corrected chi connectivity index (χ4v) is 4.18. The van der Waals surface area contributed by atoms with Crippen LogP contribution in [-0.4, -0.2) is 48.1 Å². The number of piperazine rings is 1. The van der Waals surface area contributed by atoms with E-state index in [2.05, 4.69) is 37.1 Å². The first-order valence-corrected chi connectivity index (χ1v) is 9.84. The standard InChI is InChI=1S/C21H33N3O/c1-21(2,3)18-11-7-8-12-19(18)22-20(25)24-15-13-23(14-16-24)17-9-5-4-6-10-17/h7-8,11-12,17H,4-6,9-10,13-16H2,1-3H3,(H,22,25). The Bertz CT molecular complexity index is 579. The third kappa shape index (κ3) is 4.55. The number of carbonyl (C=O) groups is 1. The molecule has 1 aliphatic heterocycles. The van der Waals surface area contributed by atoms with Gasteiger partial charge in [0.05, 0.1) is 0 Å². The Kier molecular flexibility index (Phi) is 5.67. The van der Waals surface area contributed by atoms with Crippen LogP contribution in [0.5, 0.6) is 0 Å². The van der Waals surface area contributed by atoms with Gasteiger partial charge in [0.25, 0.3) is 0 Å². The van der Waals surface area contributed by atoms with Crippen molar-refractivity contribution in [1.82, 2.24) is 9.80 Å². The number of amides is 2. The van der Waals surface area contributed by atoms with E-state index >= 15 is 0 Å². The second-order valence-electron chi connectivity index (χ2n) is 8.54. The zero-order chi connectivity index (χ0) is 17.9. The van der Waals surface area contributed by atoms with Crippen LogP contribution in [-0.2, 0) is 5.41 Å². The van der Waals surface area contributed by atoms with Gasteiger partial charge in [0.2, 0.25) is 0 Å². The summed E-state index contributed by atoms with van der Waals surface area (Å²) in [6.07, 6.45) is 6.81. The Balaban J connectivity index is 1.57. The monoisotopic (exact) mass is 343 g/mol. The van der Waals surface area contributed by atoms with Crippen molar-refractivity contribution in [2.75, 3.05) is 31.5 Å². The highest BCUT2D eigenvalue weighted by molar-refractivity contribution is 5.90. The number of carbonyl (C=O) groups excluding carboxylic acids is 1. The molecule has 4 heteroatoms. The molecule has 25 heavy (non-hydrogen) atoms. The van der Waals surface area contributed by atoms with Gasteiger partial charge in [-0.25, -0.2) is 4.79 Å². The van der Waals surface area contributed by atoms with Crippen molar-refractivity contribution in [2.45, 2.75) is 64.3 Å². The van der Waals surface area contributed by atoms with Crippen molar-refractivity contribution in [3.8, 4) is 0 Å². The van der Waals surface area contributed by atoms with Gasteiger partial charge < -0.3 is 10.2 Å². The summed E-state index contributed by atoms with van der Waals surface area (Å²) in [6, 6.07) is 8.94. The lowest BCUT2D eigenvalue weighted by Gasteiger charge is -2.40. The quantitative estimate of drug-likeness (QED) is 0.860. The van der Waals surface area contributed by atoms with E-state index in [0.717, 1.165) is 37.9 Å². The van der Waals surface area contributed by atoms with Crippen LogP contribution in [0.3, 0.4) is 0 Å². The van der Waals surface area contributed by atoms with Gasteiger partial charge in [-0.2, -0.15) is 0 Å². The Morgan fingerprint density at radius 1 is 1.00 bits per heavy atom.